The van der Waals surface area contributed by atoms with E-state index in [0.29, 0.717) is 44.1 Å². The van der Waals surface area contributed by atoms with E-state index in [1.165, 1.54) is 0 Å². The highest BCUT2D eigenvalue weighted by atomic mass is 16.6. The summed E-state index contributed by atoms with van der Waals surface area (Å²) in [4.78, 5) is 27.7. The summed E-state index contributed by atoms with van der Waals surface area (Å²) in [5.74, 6) is 1.02. The average molecular weight is 340 g/mol. The van der Waals surface area contributed by atoms with Crippen LogP contribution in [0.5, 0.6) is 11.5 Å². The van der Waals surface area contributed by atoms with Gasteiger partial charge in [0.15, 0.2) is 0 Å². The van der Waals surface area contributed by atoms with Gasteiger partial charge < -0.3 is 19.3 Å². The minimum atomic E-state index is -0.399. The van der Waals surface area contributed by atoms with Crippen LogP contribution in [-0.2, 0) is 0 Å². The maximum Gasteiger partial charge on any atom is 0.415 e. The van der Waals surface area contributed by atoms with E-state index in [0.717, 1.165) is 0 Å². The predicted octanol–water partition coefficient (Wildman–Crippen LogP) is 3.39. The summed E-state index contributed by atoms with van der Waals surface area (Å²) in [6.07, 6.45) is -0.123. The zero-order chi connectivity index (χ0) is 17.5. The molecule has 1 fully saturated rings. The molecule has 1 aliphatic rings. The Morgan fingerprint density at radius 3 is 1.44 bits per heavy atom. The van der Waals surface area contributed by atoms with Crippen molar-refractivity contribution in [1.29, 1.82) is 0 Å². The van der Waals surface area contributed by atoms with Gasteiger partial charge in [0.1, 0.15) is 11.5 Å². The molecule has 1 aliphatic heterocycles. The highest BCUT2D eigenvalue weighted by Gasteiger charge is 2.24. The summed E-state index contributed by atoms with van der Waals surface area (Å²) in [6.45, 7) is 1.91. The van der Waals surface area contributed by atoms with Crippen molar-refractivity contribution in [1.82, 2.24) is 9.80 Å². The second-order valence-electron chi connectivity index (χ2n) is 5.69. The molecule has 6 nitrogen and oxygen atoms in total. The van der Waals surface area contributed by atoms with Gasteiger partial charge in [0, 0.05) is 26.2 Å². The molecule has 0 unspecified atom stereocenters. The van der Waals surface area contributed by atoms with E-state index < -0.39 is 12.2 Å². The number of para-hydroxylation sites is 2. The fraction of sp³-hybridized carbons (Fsp3) is 0.263. The van der Waals surface area contributed by atoms with Gasteiger partial charge in [-0.3, -0.25) is 0 Å². The number of amides is 2. The Morgan fingerprint density at radius 1 is 0.640 bits per heavy atom. The topological polar surface area (TPSA) is 59.1 Å². The normalized spacial score (nSPS) is 14.6. The molecule has 6 heteroatoms. The predicted molar refractivity (Wildman–Crippen MR) is 92.7 cm³/mol. The number of benzene rings is 2. The molecule has 1 heterocycles. The first-order valence-corrected chi connectivity index (χ1v) is 8.26. The van der Waals surface area contributed by atoms with E-state index >= 15 is 0 Å². The van der Waals surface area contributed by atoms with E-state index in [2.05, 4.69) is 0 Å². The third kappa shape index (κ3) is 4.73. The third-order valence-corrected chi connectivity index (χ3v) is 3.91. The Hall–Kier alpha value is -3.02. The van der Waals surface area contributed by atoms with Crippen LogP contribution in [0.2, 0.25) is 0 Å². The first-order valence-electron chi connectivity index (χ1n) is 8.26. The Bertz CT molecular complexity index is 644. The van der Waals surface area contributed by atoms with Crippen molar-refractivity contribution in [3.05, 3.63) is 60.7 Å². The van der Waals surface area contributed by atoms with Gasteiger partial charge in [-0.05, 0) is 30.7 Å². The molecule has 0 bridgehead atoms. The Morgan fingerprint density at radius 2 is 1.04 bits per heavy atom. The summed E-state index contributed by atoms with van der Waals surface area (Å²) >= 11 is 0. The second kappa shape index (κ2) is 8.19. The lowest BCUT2D eigenvalue weighted by Crippen LogP contribution is -2.39. The van der Waals surface area contributed by atoms with E-state index in [9.17, 15) is 9.59 Å². The van der Waals surface area contributed by atoms with E-state index in [4.69, 9.17) is 9.47 Å². The maximum absolute atomic E-state index is 12.3. The Labute approximate surface area is 146 Å². The lowest BCUT2D eigenvalue weighted by atomic mass is 10.3. The van der Waals surface area contributed by atoms with Crippen LogP contribution in [0, 0.1) is 0 Å². The van der Waals surface area contributed by atoms with Crippen LogP contribution in [0.25, 0.3) is 0 Å². The molecule has 2 amide bonds. The standard InChI is InChI=1S/C19H20N2O4/c22-18(24-16-8-3-1-4-9-16)20-12-7-13-21(15-14-20)19(23)25-17-10-5-2-6-11-17/h1-6,8-11H,7,12-15H2. The van der Waals surface area contributed by atoms with Gasteiger partial charge in [-0.25, -0.2) is 9.59 Å². The van der Waals surface area contributed by atoms with Crippen molar-refractivity contribution in [3.63, 3.8) is 0 Å². The number of carbonyl (C=O) groups is 2. The zero-order valence-electron chi connectivity index (χ0n) is 13.8. The van der Waals surface area contributed by atoms with Crippen molar-refractivity contribution in [2.24, 2.45) is 0 Å². The van der Waals surface area contributed by atoms with Crippen LogP contribution < -0.4 is 9.47 Å². The molecule has 25 heavy (non-hydrogen) atoms. The molecule has 0 saturated carbocycles. The molecule has 0 radical (unpaired) electrons. The van der Waals surface area contributed by atoms with Crippen molar-refractivity contribution in [2.45, 2.75) is 6.42 Å². The largest absolute Gasteiger partial charge is 0.415 e. The summed E-state index contributed by atoms with van der Waals surface area (Å²) in [5, 5.41) is 0. The smallest absolute Gasteiger partial charge is 0.410 e. The molecular weight excluding hydrogens is 320 g/mol. The van der Waals surface area contributed by atoms with E-state index in [1.807, 2.05) is 36.4 Å². The van der Waals surface area contributed by atoms with E-state index in [1.54, 1.807) is 34.1 Å². The highest BCUT2D eigenvalue weighted by Crippen LogP contribution is 2.14. The maximum atomic E-state index is 12.3. The van der Waals surface area contributed by atoms with Gasteiger partial charge in [0.05, 0.1) is 0 Å². The number of hydrogen-bond donors (Lipinski definition) is 0. The summed E-state index contributed by atoms with van der Waals surface area (Å²) in [7, 11) is 0. The summed E-state index contributed by atoms with van der Waals surface area (Å²) in [6, 6.07) is 17.9. The average Bonchev–Trinajstić information content (AvgIpc) is 2.90. The van der Waals surface area contributed by atoms with Crippen molar-refractivity contribution in [3.8, 4) is 11.5 Å². The summed E-state index contributed by atoms with van der Waals surface area (Å²) in [5.41, 5.74) is 0. The van der Waals surface area contributed by atoms with Gasteiger partial charge in [0.2, 0.25) is 0 Å². The van der Waals surface area contributed by atoms with Crippen LogP contribution in [0.1, 0.15) is 6.42 Å². The molecule has 0 aliphatic carbocycles. The number of rotatable bonds is 2. The third-order valence-electron chi connectivity index (χ3n) is 3.91. The highest BCUT2D eigenvalue weighted by molar-refractivity contribution is 5.72. The minimum absolute atomic E-state index is 0.399. The molecular formula is C19H20N2O4. The molecule has 0 N–H and O–H groups in total. The van der Waals surface area contributed by atoms with Crippen molar-refractivity contribution >= 4 is 12.2 Å². The van der Waals surface area contributed by atoms with Gasteiger partial charge in [0.25, 0.3) is 0 Å². The van der Waals surface area contributed by atoms with Gasteiger partial charge in [-0.15, -0.1) is 0 Å². The van der Waals surface area contributed by atoms with Crippen LogP contribution in [0.15, 0.2) is 60.7 Å². The summed E-state index contributed by atoms with van der Waals surface area (Å²) < 4.78 is 10.7. The van der Waals surface area contributed by atoms with Crippen LogP contribution in [-0.4, -0.2) is 48.2 Å². The molecule has 0 atom stereocenters. The molecule has 2 aromatic rings. The van der Waals surface area contributed by atoms with Gasteiger partial charge >= 0.3 is 12.2 Å². The Balaban J connectivity index is 1.53. The first kappa shape index (κ1) is 16.8. The quantitative estimate of drug-likeness (QED) is 0.841. The first-order chi connectivity index (χ1) is 12.2. The van der Waals surface area contributed by atoms with Crippen LogP contribution >= 0.6 is 0 Å². The van der Waals surface area contributed by atoms with Gasteiger partial charge in [-0.1, -0.05) is 36.4 Å². The second-order valence-corrected chi connectivity index (χ2v) is 5.69. The number of hydrogen-bond acceptors (Lipinski definition) is 4. The fourth-order valence-electron chi connectivity index (χ4n) is 2.59. The molecule has 1 saturated heterocycles. The monoisotopic (exact) mass is 340 g/mol. The molecule has 2 aromatic carbocycles. The van der Waals surface area contributed by atoms with Crippen LogP contribution in [0.3, 0.4) is 0 Å². The lowest BCUT2D eigenvalue weighted by Gasteiger charge is -2.21. The van der Waals surface area contributed by atoms with Crippen molar-refractivity contribution < 1.29 is 19.1 Å². The van der Waals surface area contributed by atoms with Gasteiger partial charge in [-0.2, -0.15) is 0 Å². The molecule has 130 valence electrons. The lowest BCUT2D eigenvalue weighted by molar-refractivity contribution is 0.145. The number of carbonyl (C=O) groups excluding carboxylic acids is 2. The SMILES string of the molecule is O=C(Oc1ccccc1)N1CCCN(C(=O)Oc2ccccc2)CC1. The fourth-order valence-corrected chi connectivity index (χ4v) is 2.59. The number of nitrogens with zero attached hydrogens (tertiary/aromatic N) is 2. The zero-order valence-corrected chi connectivity index (χ0v) is 13.8. The van der Waals surface area contributed by atoms with E-state index in [-0.39, 0.29) is 0 Å². The minimum Gasteiger partial charge on any atom is -0.410 e. The van der Waals surface area contributed by atoms with Crippen LogP contribution in [0.4, 0.5) is 9.59 Å². The van der Waals surface area contributed by atoms with Crippen molar-refractivity contribution in [2.75, 3.05) is 26.2 Å². The Kier molecular flexibility index (Phi) is 5.51. The number of ether oxygens (including phenoxy) is 2. The molecule has 3 rings (SSSR count). The molecule has 0 aromatic heterocycles. The molecule has 0 spiro atoms.